The molecule has 0 bridgehead atoms. The zero-order valence-electron chi connectivity index (χ0n) is 17.6. The van der Waals surface area contributed by atoms with Crippen molar-refractivity contribution in [1.82, 2.24) is 14.5 Å². The summed E-state index contributed by atoms with van der Waals surface area (Å²) in [5.74, 6) is -0.563. The summed E-state index contributed by atoms with van der Waals surface area (Å²) in [6.07, 6.45) is 6.79. The SMILES string of the molecule is C[C@H]1Cc2cc(/C(O)=C3\C(=O)C(=O)N(CCCn4ccnc4)[C@H]3c3cccs3)ccc2O1. The molecule has 7 nitrogen and oxygen atoms in total. The van der Waals surface area contributed by atoms with Gasteiger partial charge in [0, 0.05) is 42.3 Å². The fourth-order valence-electron chi connectivity index (χ4n) is 4.42. The fraction of sp³-hybridized carbons (Fsp3) is 0.292. The van der Waals surface area contributed by atoms with E-state index in [4.69, 9.17) is 4.74 Å². The van der Waals surface area contributed by atoms with E-state index >= 15 is 0 Å². The molecule has 8 heteroatoms. The molecule has 0 saturated carbocycles. The summed E-state index contributed by atoms with van der Waals surface area (Å²) in [5.41, 5.74) is 1.66. The molecule has 0 radical (unpaired) electrons. The number of nitrogens with zero attached hydrogens (tertiary/aromatic N) is 3. The molecule has 0 aliphatic carbocycles. The zero-order chi connectivity index (χ0) is 22.2. The minimum Gasteiger partial charge on any atom is -0.507 e. The van der Waals surface area contributed by atoms with Gasteiger partial charge in [-0.3, -0.25) is 9.59 Å². The maximum absolute atomic E-state index is 13.1. The average Bonchev–Trinajstić information content (AvgIpc) is 3.57. The number of ketones is 1. The number of hydrogen-bond acceptors (Lipinski definition) is 6. The molecule has 32 heavy (non-hydrogen) atoms. The van der Waals surface area contributed by atoms with E-state index in [0.717, 1.165) is 22.6 Å². The number of aliphatic hydroxyl groups excluding tert-OH is 1. The van der Waals surface area contributed by atoms with E-state index in [9.17, 15) is 14.7 Å². The molecular weight excluding hydrogens is 426 g/mol. The van der Waals surface area contributed by atoms with Gasteiger partial charge >= 0.3 is 0 Å². The van der Waals surface area contributed by atoms with Crippen molar-refractivity contribution >= 4 is 28.8 Å². The number of Topliss-reactive ketones (excluding diaryl/α,β-unsaturated/α-hetero) is 1. The summed E-state index contributed by atoms with van der Waals surface area (Å²) in [5, 5.41) is 13.1. The highest BCUT2D eigenvalue weighted by atomic mass is 32.1. The third-order valence-electron chi connectivity index (χ3n) is 5.90. The first-order chi connectivity index (χ1) is 15.5. The summed E-state index contributed by atoms with van der Waals surface area (Å²) in [4.78, 5) is 32.5. The van der Waals surface area contributed by atoms with Gasteiger partial charge in [-0.1, -0.05) is 6.07 Å². The Morgan fingerprint density at radius 3 is 2.91 bits per heavy atom. The smallest absolute Gasteiger partial charge is 0.295 e. The van der Waals surface area contributed by atoms with Crippen LogP contribution in [0.3, 0.4) is 0 Å². The molecule has 1 fully saturated rings. The van der Waals surface area contributed by atoms with Crippen molar-refractivity contribution in [3.63, 3.8) is 0 Å². The molecule has 0 unspecified atom stereocenters. The number of aromatic nitrogens is 2. The first-order valence-electron chi connectivity index (χ1n) is 10.6. The van der Waals surface area contributed by atoms with Crippen LogP contribution >= 0.6 is 11.3 Å². The van der Waals surface area contributed by atoms with Crippen molar-refractivity contribution in [1.29, 1.82) is 0 Å². The van der Waals surface area contributed by atoms with Crippen molar-refractivity contribution in [2.24, 2.45) is 0 Å². The van der Waals surface area contributed by atoms with Gasteiger partial charge in [-0.15, -0.1) is 11.3 Å². The highest BCUT2D eigenvalue weighted by Crippen LogP contribution is 2.42. The van der Waals surface area contributed by atoms with Crippen molar-refractivity contribution in [3.8, 4) is 5.75 Å². The number of fused-ring (bicyclic) bond motifs is 1. The van der Waals surface area contributed by atoms with E-state index < -0.39 is 17.7 Å². The van der Waals surface area contributed by atoms with Gasteiger partial charge in [-0.2, -0.15) is 0 Å². The topological polar surface area (TPSA) is 84.7 Å². The fourth-order valence-corrected chi connectivity index (χ4v) is 5.27. The minimum absolute atomic E-state index is 0.0783. The molecule has 3 aromatic rings. The Labute approximate surface area is 189 Å². The van der Waals surface area contributed by atoms with Gasteiger partial charge < -0.3 is 19.3 Å². The number of aliphatic hydroxyl groups is 1. The van der Waals surface area contributed by atoms with Gasteiger partial charge in [-0.25, -0.2) is 4.98 Å². The minimum atomic E-state index is -0.645. The predicted octanol–water partition coefficient (Wildman–Crippen LogP) is 3.78. The lowest BCUT2D eigenvalue weighted by molar-refractivity contribution is -0.139. The Morgan fingerprint density at radius 1 is 1.28 bits per heavy atom. The first kappa shape index (κ1) is 20.5. The molecule has 2 aliphatic rings. The van der Waals surface area contributed by atoms with Crippen LogP contribution in [0.25, 0.3) is 5.76 Å². The average molecular weight is 450 g/mol. The number of thiophene rings is 1. The summed E-state index contributed by atoms with van der Waals surface area (Å²) < 4.78 is 7.68. The Hall–Kier alpha value is -3.39. The number of carbonyl (C=O) groups excluding carboxylic acids is 2. The molecule has 4 heterocycles. The summed E-state index contributed by atoms with van der Waals surface area (Å²) in [7, 11) is 0. The Kier molecular flexibility index (Phi) is 5.30. The number of aryl methyl sites for hydroxylation is 1. The molecule has 0 spiro atoms. The molecule has 164 valence electrons. The largest absolute Gasteiger partial charge is 0.507 e. The van der Waals surface area contributed by atoms with Crippen molar-refractivity contribution < 1.29 is 19.4 Å². The molecule has 5 rings (SSSR count). The lowest BCUT2D eigenvalue weighted by atomic mass is 9.98. The zero-order valence-corrected chi connectivity index (χ0v) is 18.4. The molecule has 2 aromatic heterocycles. The molecule has 2 atom stereocenters. The Bertz CT molecular complexity index is 1180. The number of amides is 1. The number of likely N-dealkylation sites (tertiary alicyclic amines) is 1. The van der Waals surface area contributed by atoms with Crippen molar-refractivity contribution in [2.45, 2.75) is 38.5 Å². The van der Waals surface area contributed by atoms with E-state index in [0.29, 0.717) is 25.1 Å². The number of imidazole rings is 1. The molecular formula is C24H23N3O4S. The number of ether oxygens (including phenoxy) is 1. The van der Waals surface area contributed by atoms with Crippen molar-refractivity contribution in [3.05, 3.63) is 76.0 Å². The monoisotopic (exact) mass is 449 g/mol. The van der Waals surface area contributed by atoms with Crippen LogP contribution in [0.2, 0.25) is 0 Å². The van der Waals surface area contributed by atoms with Gasteiger partial charge in [0.15, 0.2) is 0 Å². The molecule has 1 N–H and O–H groups in total. The van der Waals surface area contributed by atoms with Gasteiger partial charge in [0.05, 0.1) is 17.9 Å². The lowest BCUT2D eigenvalue weighted by Crippen LogP contribution is -2.31. The van der Waals surface area contributed by atoms with E-state index in [1.165, 1.54) is 11.3 Å². The van der Waals surface area contributed by atoms with Crippen LogP contribution in [0.15, 0.2) is 60.0 Å². The second-order valence-corrected chi connectivity index (χ2v) is 9.10. The molecule has 1 aromatic carbocycles. The van der Waals surface area contributed by atoms with Crippen LogP contribution in [-0.4, -0.2) is 43.9 Å². The third-order valence-corrected chi connectivity index (χ3v) is 6.82. The maximum Gasteiger partial charge on any atom is 0.295 e. The second kappa shape index (κ2) is 8.27. The van der Waals surface area contributed by atoms with Crippen LogP contribution in [-0.2, 0) is 22.6 Å². The van der Waals surface area contributed by atoms with Crippen LogP contribution in [0.5, 0.6) is 5.75 Å². The normalized spacial score (nSPS) is 21.7. The van der Waals surface area contributed by atoms with Gasteiger partial charge in [0.25, 0.3) is 11.7 Å². The van der Waals surface area contributed by atoms with Crippen LogP contribution in [0.4, 0.5) is 0 Å². The molecule has 1 amide bonds. The third kappa shape index (κ3) is 3.60. The quantitative estimate of drug-likeness (QED) is 0.352. The lowest BCUT2D eigenvalue weighted by Gasteiger charge is -2.24. The van der Waals surface area contributed by atoms with Crippen molar-refractivity contribution in [2.75, 3.05) is 6.54 Å². The number of benzene rings is 1. The predicted molar refractivity (Wildman–Crippen MR) is 120 cm³/mol. The van der Waals surface area contributed by atoms with E-state index in [1.54, 1.807) is 23.5 Å². The maximum atomic E-state index is 13.1. The van der Waals surface area contributed by atoms with E-state index in [-0.39, 0.29) is 17.4 Å². The number of carbonyl (C=O) groups is 2. The summed E-state index contributed by atoms with van der Waals surface area (Å²) in [6, 6.07) is 8.60. The Balaban J connectivity index is 1.49. The molecule has 1 saturated heterocycles. The standard InChI is InChI=1S/C24H23N3O4S/c1-15-12-17-13-16(5-6-18(17)31-15)22(28)20-21(19-4-2-11-32-19)27(24(30)23(20)29)9-3-8-26-10-7-25-14-26/h2,4-7,10-11,13-15,21,28H,3,8-9,12H2,1H3/b22-20+/t15-,21-/m0/s1. The van der Waals surface area contributed by atoms with Gasteiger partial charge in [0.1, 0.15) is 17.6 Å². The first-order valence-corrected chi connectivity index (χ1v) is 11.5. The van der Waals surface area contributed by atoms with Gasteiger partial charge in [0.2, 0.25) is 0 Å². The van der Waals surface area contributed by atoms with Crippen LogP contribution < -0.4 is 4.74 Å². The van der Waals surface area contributed by atoms with E-state index in [2.05, 4.69) is 4.98 Å². The number of rotatable bonds is 6. The highest BCUT2D eigenvalue weighted by Gasteiger charge is 2.46. The van der Waals surface area contributed by atoms with Crippen LogP contribution in [0, 0.1) is 0 Å². The van der Waals surface area contributed by atoms with Crippen LogP contribution in [0.1, 0.15) is 35.4 Å². The summed E-state index contributed by atoms with van der Waals surface area (Å²) >= 11 is 1.47. The summed E-state index contributed by atoms with van der Waals surface area (Å²) in [6.45, 7) is 3.08. The molecule has 2 aliphatic heterocycles. The van der Waals surface area contributed by atoms with Gasteiger partial charge in [-0.05, 0) is 48.6 Å². The second-order valence-electron chi connectivity index (χ2n) is 8.12. The van der Waals surface area contributed by atoms with E-state index in [1.807, 2.05) is 47.3 Å². The number of hydrogen-bond donors (Lipinski definition) is 1. The highest BCUT2D eigenvalue weighted by molar-refractivity contribution is 7.10. The Morgan fingerprint density at radius 2 is 2.16 bits per heavy atom.